The summed E-state index contributed by atoms with van der Waals surface area (Å²) < 4.78 is 13.4. The number of carbonyl (C=O) groups excluding carboxylic acids is 1. The van der Waals surface area contributed by atoms with Crippen LogP contribution in [-0.4, -0.2) is 6.29 Å². The SMILES string of the molecule is CCc1cc(Cl)c(F)c(CCC=O)c1. The second-order valence-electron chi connectivity index (χ2n) is 3.11. The van der Waals surface area contributed by atoms with E-state index in [4.69, 9.17) is 11.6 Å². The fourth-order valence-electron chi connectivity index (χ4n) is 1.31. The van der Waals surface area contributed by atoms with Crippen molar-refractivity contribution in [3.05, 3.63) is 34.1 Å². The van der Waals surface area contributed by atoms with Gasteiger partial charge in [0.05, 0.1) is 5.02 Å². The highest BCUT2D eigenvalue weighted by Crippen LogP contribution is 2.22. The Morgan fingerprint density at radius 2 is 2.21 bits per heavy atom. The van der Waals surface area contributed by atoms with Gasteiger partial charge in [0.25, 0.3) is 0 Å². The van der Waals surface area contributed by atoms with Gasteiger partial charge in [0.15, 0.2) is 0 Å². The number of aryl methyl sites for hydroxylation is 2. The molecule has 0 amide bonds. The van der Waals surface area contributed by atoms with Crippen LogP contribution in [0.2, 0.25) is 5.02 Å². The Morgan fingerprint density at radius 1 is 1.50 bits per heavy atom. The van der Waals surface area contributed by atoms with E-state index in [9.17, 15) is 9.18 Å². The van der Waals surface area contributed by atoms with Crippen LogP contribution in [0.4, 0.5) is 4.39 Å². The second kappa shape index (κ2) is 5.11. The lowest BCUT2D eigenvalue weighted by Crippen LogP contribution is -1.95. The molecule has 76 valence electrons. The molecule has 0 aliphatic rings. The van der Waals surface area contributed by atoms with Gasteiger partial charge in [-0.2, -0.15) is 0 Å². The minimum atomic E-state index is -0.397. The van der Waals surface area contributed by atoms with Crippen LogP contribution in [0.25, 0.3) is 0 Å². The maximum Gasteiger partial charge on any atom is 0.145 e. The molecule has 0 aromatic heterocycles. The zero-order valence-corrected chi connectivity index (χ0v) is 8.77. The third kappa shape index (κ3) is 2.55. The number of halogens is 2. The van der Waals surface area contributed by atoms with Gasteiger partial charge in [0.2, 0.25) is 0 Å². The topological polar surface area (TPSA) is 17.1 Å². The fourth-order valence-corrected chi connectivity index (χ4v) is 1.57. The molecule has 3 heteroatoms. The molecule has 0 aliphatic carbocycles. The molecule has 0 radical (unpaired) electrons. The molecule has 0 spiro atoms. The molecule has 1 aromatic carbocycles. The minimum Gasteiger partial charge on any atom is -0.303 e. The Hall–Kier alpha value is -0.890. The maximum absolute atomic E-state index is 13.4. The first-order valence-electron chi connectivity index (χ1n) is 4.59. The lowest BCUT2D eigenvalue weighted by Gasteiger charge is -2.05. The van der Waals surface area contributed by atoms with Gasteiger partial charge < -0.3 is 4.79 Å². The van der Waals surface area contributed by atoms with E-state index in [0.717, 1.165) is 18.3 Å². The molecule has 0 saturated heterocycles. The highest BCUT2D eigenvalue weighted by molar-refractivity contribution is 6.30. The number of hydrogen-bond acceptors (Lipinski definition) is 1. The van der Waals surface area contributed by atoms with E-state index in [1.54, 1.807) is 12.1 Å². The van der Waals surface area contributed by atoms with Crippen LogP contribution in [0.1, 0.15) is 24.5 Å². The van der Waals surface area contributed by atoms with E-state index in [1.165, 1.54) is 0 Å². The summed E-state index contributed by atoms with van der Waals surface area (Å²) in [6, 6.07) is 3.39. The van der Waals surface area contributed by atoms with E-state index in [1.807, 2.05) is 6.92 Å². The molecule has 1 rings (SSSR count). The second-order valence-corrected chi connectivity index (χ2v) is 3.52. The molecule has 0 saturated carbocycles. The molecule has 1 nitrogen and oxygen atoms in total. The zero-order chi connectivity index (χ0) is 10.6. The summed E-state index contributed by atoms with van der Waals surface area (Å²) in [4.78, 5) is 10.2. The van der Waals surface area contributed by atoms with Crippen molar-refractivity contribution in [1.29, 1.82) is 0 Å². The molecular formula is C11H12ClFO. The Balaban J connectivity index is 3.00. The average molecular weight is 215 g/mol. The van der Waals surface area contributed by atoms with Crippen molar-refractivity contribution in [3.8, 4) is 0 Å². The number of aldehydes is 1. The summed E-state index contributed by atoms with van der Waals surface area (Å²) >= 11 is 5.71. The van der Waals surface area contributed by atoms with Crippen LogP contribution in [0.5, 0.6) is 0 Å². The Bertz CT molecular complexity index is 336. The molecule has 1 aromatic rings. The summed E-state index contributed by atoms with van der Waals surface area (Å²) in [6.07, 6.45) is 2.35. The molecule has 0 aliphatic heterocycles. The standard InChI is InChI=1S/C11H12ClFO/c1-2-8-6-9(4-3-5-14)11(13)10(12)7-8/h5-7H,2-4H2,1H3. The van der Waals surface area contributed by atoms with Gasteiger partial charge in [-0.25, -0.2) is 4.39 Å². The van der Waals surface area contributed by atoms with Crippen molar-refractivity contribution in [2.24, 2.45) is 0 Å². The zero-order valence-electron chi connectivity index (χ0n) is 8.02. The van der Waals surface area contributed by atoms with Gasteiger partial charge in [0.1, 0.15) is 12.1 Å². The van der Waals surface area contributed by atoms with Gasteiger partial charge in [0, 0.05) is 6.42 Å². The molecule has 0 N–H and O–H groups in total. The predicted molar refractivity (Wildman–Crippen MR) is 55.2 cm³/mol. The predicted octanol–water partition coefficient (Wildman–Crippen LogP) is 3.17. The summed E-state index contributed by atoms with van der Waals surface area (Å²) in [7, 11) is 0. The molecule has 0 unspecified atom stereocenters. The van der Waals surface area contributed by atoms with Crippen molar-refractivity contribution in [2.45, 2.75) is 26.2 Å². The summed E-state index contributed by atoms with van der Waals surface area (Å²) in [5, 5.41) is 0.144. The molecule has 0 atom stereocenters. The van der Waals surface area contributed by atoms with Crippen LogP contribution in [0.3, 0.4) is 0 Å². The van der Waals surface area contributed by atoms with Crippen LogP contribution >= 0.6 is 11.6 Å². The van der Waals surface area contributed by atoms with Crippen LogP contribution in [0.15, 0.2) is 12.1 Å². The number of rotatable bonds is 4. The highest BCUT2D eigenvalue weighted by atomic mass is 35.5. The molecular weight excluding hydrogens is 203 g/mol. The Kier molecular flexibility index (Phi) is 4.08. The third-order valence-corrected chi connectivity index (χ3v) is 2.38. The monoisotopic (exact) mass is 214 g/mol. The summed E-state index contributed by atoms with van der Waals surface area (Å²) in [5.41, 5.74) is 1.53. The van der Waals surface area contributed by atoms with Gasteiger partial charge in [-0.05, 0) is 30.0 Å². The molecule has 14 heavy (non-hydrogen) atoms. The van der Waals surface area contributed by atoms with Crippen molar-refractivity contribution < 1.29 is 9.18 Å². The highest BCUT2D eigenvalue weighted by Gasteiger charge is 2.08. The normalized spacial score (nSPS) is 10.2. The van der Waals surface area contributed by atoms with Crippen LogP contribution in [-0.2, 0) is 17.6 Å². The largest absolute Gasteiger partial charge is 0.303 e. The number of benzene rings is 1. The van der Waals surface area contributed by atoms with Gasteiger partial charge in [-0.1, -0.05) is 24.6 Å². The van der Waals surface area contributed by atoms with E-state index in [-0.39, 0.29) is 5.02 Å². The maximum atomic E-state index is 13.4. The Labute approximate surface area is 87.9 Å². The van der Waals surface area contributed by atoms with Gasteiger partial charge >= 0.3 is 0 Å². The number of hydrogen-bond donors (Lipinski definition) is 0. The van der Waals surface area contributed by atoms with E-state index < -0.39 is 5.82 Å². The fraction of sp³-hybridized carbons (Fsp3) is 0.364. The lowest BCUT2D eigenvalue weighted by molar-refractivity contribution is -0.107. The van der Waals surface area contributed by atoms with Crippen LogP contribution in [0, 0.1) is 5.82 Å². The molecule has 0 heterocycles. The summed E-state index contributed by atoms with van der Waals surface area (Å²) in [5.74, 6) is -0.397. The first-order valence-corrected chi connectivity index (χ1v) is 4.97. The van der Waals surface area contributed by atoms with E-state index >= 15 is 0 Å². The van der Waals surface area contributed by atoms with Gasteiger partial charge in [-0.15, -0.1) is 0 Å². The minimum absolute atomic E-state index is 0.144. The average Bonchev–Trinajstić information content (AvgIpc) is 2.20. The first kappa shape index (κ1) is 11.2. The Morgan fingerprint density at radius 3 is 2.79 bits per heavy atom. The van der Waals surface area contributed by atoms with Crippen molar-refractivity contribution in [1.82, 2.24) is 0 Å². The first-order chi connectivity index (χ1) is 6.69. The van der Waals surface area contributed by atoms with E-state index in [2.05, 4.69) is 0 Å². The quantitative estimate of drug-likeness (QED) is 0.704. The van der Waals surface area contributed by atoms with Crippen molar-refractivity contribution >= 4 is 17.9 Å². The number of carbonyl (C=O) groups is 1. The van der Waals surface area contributed by atoms with Gasteiger partial charge in [-0.3, -0.25) is 0 Å². The van der Waals surface area contributed by atoms with Crippen LogP contribution < -0.4 is 0 Å². The molecule has 0 bridgehead atoms. The van der Waals surface area contributed by atoms with Crippen molar-refractivity contribution in [2.75, 3.05) is 0 Å². The smallest absolute Gasteiger partial charge is 0.145 e. The lowest BCUT2D eigenvalue weighted by atomic mass is 10.0. The summed E-state index contributed by atoms with van der Waals surface area (Å²) in [6.45, 7) is 1.98. The van der Waals surface area contributed by atoms with Crippen molar-refractivity contribution in [3.63, 3.8) is 0 Å². The third-order valence-electron chi connectivity index (χ3n) is 2.10. The molecule has 0 fully saturated rings. The van der Waals surface area contributed by atoms with E-state index in [0.29, 0.717) is 18.4 Å².